The normalized spacial score (nSPS) is 13.2. The van der Waals surface area contributed by atoms with E-state index in [-0.39, 0.29) is 5.41 Å². The Morgan fingerprint density at radius 2 is 1.04 bits per heavy atom. The van der Waals surface area contributed by atoms with Gasteiger partial charge in [0.25, 0.3) is 0 Å². The average molecular weight is 608 g/mol. The number of rotatable bonds is 4. The van der Waals surface area contributed by atoms with E-state index >= 15 is 0 Å². The summed E-state index contributed by atoms with van der Waals surface area (Å²) >= 11 is 1.84. The van der Waals surface area contributed by atoms with Crippen molar-refractivity contribution in [2.24, 2.45) is 0 Å². The van der Waals surface area contributed by atoms with Crippen molar-refractivity contribution in [2.75, 3.05) is 0 Å². The summed E-state index contributed by atoms with van der Waals surface area (Å²) in [5, 5.41) is 2.50. The van der Waals surface area contributed by atoms with Crippen molar-refractivity contribution in [1.82, 2.24) is 15.0 Å². The summed E-state index contributed by atoms with van der Waals surface area (Å²) in [7, 11) is 0. The van der Waals surface area contributed by atoms with Gasteiger partial charge in [-0.25, -0.2) is 15.0 Å². The van der Waals surface area contributed by atoms with Gasteiger partial charge < -0.3 is 0 Å². The van der Waals surface area contributed by atoms with E-state index in [1.54, 1.807) is 0 Å². The van der Waals surface area contributed by atoms with Crippen LogP contribution in [-0.2, 0) is 5.41 Å². The van der Waals surface area contributed by atoms with Crippen molar-refractivity contribution in [3.05, 3.63) is 151 Å². The average Bonchev–Trinajstić information content (AvgIpc) is 3.60. The van der Waals surface area contributed by atoms with Crippen LogP contribution in [0.3, 0.4) is 0 Å². The van der Waals surface area contributed by atoms with Crippen LogP contribution in [0, 0.1) is 0 Å². The molecule has 0 atom stereocenters. The van der Waals surface area contributed by atoms with Crippen molar-refractivity contribution in [1.29, 1.82) is 0 Å². The number of hydrogen-bond donors (Lipinski definition) is 0. The van der Waals surface area contributed by atoms with Gasteiger partial charge in [-0.15, -0.1) is 11.3 Å². The molecular formula is C42H29N3S. The maximum absolute atomic E-state index is 5.17. The highest BCUT2D eigenvalue weighted by Gasteiger charge is 2.35. The second-order valence-electron chi connectivity index (χ2n) is 12.4. The van der Waals surface area contributed by atoms with Gasteiger partial charge in [0.1, 0.15) is 0 Å². The molecule has 2 heterocycles. The van der Waals surface area contributed by atoms with Gasteiger partial charge in [-0.2, -0.15) is 0 Å². The number of hydrogen-bond acceptors (Lipinski definition) is 4. The first kappa shape index (κ1) is 26.9. The monoisotopic (exact) mass is 607 g/mol. The first-order valence-corrected chi connectivity index (χ1v) is 16.4. The Balaban J connectivity index is 1.35. The summed E-state index contributed by atoms with van der Waals surface area (Å²) in [6.45, 7) is 4.68. The molecule has 218 valence electrons. The minimum absolute atomic E-state index is 0.110. The fourth-order valence-corrected chi connectivity index (χ4v) is 8.21. The molecule has 1 aliphatic rings. The van der Waals surface area contributed by atoms with Gasteiger partial charge in [0.05, 0.1) is 0 Å². The molecular weight excluding hydrogens is 579 g/mol. The molecule has 0 N–H and O–H groups in total. The van der Waals surface area contributed by atoms with Gasteiger partial charge in [-0.05, 0) is 52.1 Å². The number of benzene rings is 6. The van der Waals surface area contributed by atoms with E-state index in [4.69, 9.17) is 15.0 Å². The van der Waals surface area contributed by atoms with Crippen LogP contribution in [0.2, 0.25) is 0 Å². The molecule has 0 saturated carbocycles. The first-order chi connectivity index (χ1) is 22.6. The van der Waals surface area contributed by atoms with Gasteiger partial charge >= 0.3 is 0 Å². The maximum Gasteiger partial charge on any atom is 0.164 e. The standard InChI is InChI=1S/C42H29N3S/c1-42(2)33-19-11-9-17-29(33)30-22-21-28(25-34(30)42)37-32(23-24-36-38(37)31-18-10-12-20-35(31)46-36)41-44-39(26-13-5-3-6-14-26)43-40(45-41)27-15-7-4-8-16-27/h3-25H,1-2H3. The number of fused-ring (bicyclic) bond motifs is 6. The molecule has 0 spiro atoms. The number of nitrogens with zero attached hydrogens (tertiary/aromatic N) is 3. The van der Waals surface area contributed by atoms with Crippen LogP contribution in [0.5, 0.6) is 0 Å². The highest BCUT2D eigenvalue weighted by Crippen LogP contribution is 2.51. The minimum atomic E-state index is -0.110. The van der Waals surface area contributed by atoms with E-state index in [1.165, 1.54) is 48.0 Å². The Labute approximate surface area is 271 Å². The molecule has 0 radical (unpaired) electrons. The fourth-order valence-electron chi connectivity index (χ4n) is 7.09. The summed E-state index contributed by atoms with van der Waals surface area (Å²) in [4.78, 5) is 15.3. The summed E-state index contributed by atoms with van der Waals surface area (Å²) in [6.07, 6.45) is 0. The zero-order chi connectivity index (χ0) is 30.8. The summed E-state index contributed by atoms with van der Waals surface area (Å²) in [5.74, 6) is 2.00. The molecule has 0 amide bonds. The molecule has 0 bridgehead atoms. The van der Waals surface area contributed by atoms with Gasteiger partial charge in [-0.1, -0.05) is 129 Å². The third kappa shape index (κ3) is 4.14. The molecule has 8 aromatic rings. The van der Waals surface area contributed by atoms with Crippen molar-refractivity contribution in [2.45, 2.75) is 19.3 Å². The van der Waals surface area contributed by atoms with E-state index in [0.29, 0.717) is 17.5 Å². The van der Waals surface area contributed by atoms with Crippen molar-refractivity contribution in [3.8, 4) is 56.4 Å². The van der Waals surface area contributed by atoms with E-state index in [1.807, 2.05) is 47.7 Å². The number of aromatic nitrogens is 3. The van der Waals surface area contributed by atoms with Gasteiger partial charge in [0.2, 0.25) is 0 Å². The third-order valence-electron chi connectivity index (χ3n) is 9.36. The van der Waals surface area contributed by atoms with Crippen LogP contribution in [0.1, 0.15) is 25.0 Å². The molecule has 0 unspecified atom stereocenters. The van der Waals surface area contributed by atoms with Crippen molar-refractivity contribution >= 4 is 31.5 Å². The smallest absolute Gasteiger partial charge is 0.164 e. The van der Waals surface area contributed by atoms with Gasteiger partial charge in [-0.3, -0.25) is 0 Å². The molecule has 3 nitrogen and oxygen atoms in total. The SMILES string of the molecule is CC1(C)c2ccccc2-c2ccc(-c3c(-c4nc(-c5ccccc5)nc(-c5ccccc5)n4)ccc4sc5ccccc5c34)cc21. The number of thiophene rings is 1. The third-order valence-corrected chi connectivity index (χ3v) is 10.5. The first-order valence-electron chi connectivity index (χ1n) is 15.6. The lowest BCUT2D eigenvalue weighted by atomic mass is 9.81. The Morgan fingerprint density at radius 3 is 1.78 bits per heavy atom. The van der Waals surface area contributed by atoms with E-state index < -0.39 is 0 Å². The summed E-state index contributed by atoms with van der Waals surface area (Å²) in [6, 6.07) is 49.4. The molecule has 0 fully saturated rings. The Bertz CT molecular complexity index is 2380. The van der Waals surface area contributed by atoms with Crippen LogP contribution in [0.25, 0.3) is 76.6 Å². The van der Waals surface area contributed by atoms with E-state index in [0.717, 1.165) is 22.3 Å². The Kier molecular flexibility index (Phi) is 6.02. The Hall–Kier alpha value is -5.45. The zero-order valence-corrected chi connectivity index (χ0v) is 26.3. The molecule has 0 saturated heterocycles. The maximum atomic E-state index is 5.17. The highest BCUT2D eigenvalue weighted by molar-refractivity contribution is 7.26. The zero-order valence-electron chi connectivity index (χ0n) is 25.5. The van der Waals surface area contributed by atoms with Crippen LogP contribution in [0.4, 0.5) is 0 Å². The van der Waals surface area contributed by atoms with Gasteiger partial charge in [0, 0.05) is 47.8 Å². The van der Waals surface area contributed by atoms with Crippen LogP contribution in [-0.4, -0.2) is 15.0 Å². The van der Waals surface area contributed by atoms with Gasteiger partial charge in [0.15, 0.2) is 17.5 Å². The molecule has 0 aliphatic heterocycles. The van der Waals surface area contributed by atoms with Crippen LogP contribution in [0.15, 0.2) is 140 Å². The molecule has 46 heavy (non-hydrogen) atoms. The largest absolute Gasteiger partial charge is 0.208 e. The van der Waals surface area contributed by atoms with Crippen LogP contribution < -0.4 is 0 Å². The summed E-state index contributed by atoms with van der Waals surface area (Å²) < 4.78 is 2.53. The molecule has 1 aliphatic carbocycles. The van der Waals surface area contributed by atoms with E-state index in [9.17, 15) is 0 Å². The predicted molar refractivity (Wildman–Crippen MR) is 192 cm³/mol. The summed E-state index contributed by atoms with van der Waals surface area (Å²) in [5.41, 5.74) is 10.5. The lowest BCUT2D eigenvalue weighted by Crippen LogP contribution is -2.14. The topological polar surface area (TPSA) is 38.7 Å². The highest BCUT2D eigenvalue weighted by atomic mass is 32.1. The van der Waals surface area contributed by atoms with E-state index in [2.05, 4.69) is 117 Å². The molecule has 2 aromatic heterocycles. The molecule has 9 rings (SSSR count). The quantitative estimate of drug-likeness (QED) is 0.200. The predicted octanol–water partition coefficient (Wildman–Crippen LogP) is 11.2. The fraction of sp³-hybridized carbons (Fsp3) is 0.0714. The Morgan fingerprint density at radius 1 is 0.457 bits per heavy atom. The minimum Gasteiger partial charge on any atom is -0.208 e. The van der Waals surface area contributed by atoms with Crippen molar-refractivity contribution < 1.29 is 0 Å². The van der Waals surface area contributed by atoms with Crippen LogP contribution >= 0.6 is 11.3 Å². The lowest BCUT2D eigenvalue weighted by molar-refractivity contribution is 0.660. The molecule has 4 heteroatoms. The van der Waals surface area contributed by atoms with Crippen molar-refractivity contribution in [3.63, 3.8) is 0 Å². The lowest BCUT2D eigenvalue weighted by Gasteiger charge is -2.22. The molecule has 6 aromatic carbocycles. The second-order valence-corrected chi connectivity index (χ2v) is 13.5. The second kappa shape index (κ2) is 10.3.